The fourth-order valence-electron chi connectivity index (χ4n) is 4.11. The van der Waals surface area contributed by atoms with Crippen LogP contribution >= 0.6 is 0 Å². The molecule has 0 bridgehead atoms. The Morgan fingerprint density at radius 1 is 1.13 bits per heavy atom. The van der Waals surface area contributed by atoms with Gasteiger partial charge in [-0.3, -0.25) is 9.59 Å². The molecule has 1 fully saturated rings. The number of carbonyl (C=O) groups is 2. The summed E-state index contributed by atoms with van der Waals surface area (Å²) in [5, 5.41) is 3.18. The lowest BCUT2D eigenvalue weighted by atomic mass is 10.2. The van der Waals surface area contributed by atoms with Crippen LogP contribution in [0, 0.1) is 0 Å². The maximum Gasteiger partial charge on any atom is 0.271 e. The van der Waals surface area contributed by atoms with Gasteiger partial charge in [-0.15, -0.1) is 0 Å². The number of nitrogens with two attached hydrogens (primary N) is 1. The number of aromatic nitrogens is 2. The Morgan fingerprint density at radius 3 is 2.47 bits per heavy atom. The Kier molecular flexibility index (Phi) is 8.22. The van der Waals surface area contributed by atoms with Crippen LogP contribution < -0.4 is 25.6 Å². The number of rotatable bonds is 9. The number of hydrogen-bond acceptors (Lipinski definition) is 8. The number of aryl methyl sites for hydroxylation is 1. The molecule has 0 radical (unpaired) electrons. The second kappa shape index (κ2) is 11.7. The molecule has 0 atom stereocenters. The number of nitrogens with one attached hydrogen (secondary N) is 1. The lowest BCUT2D eigenvalue weighted by molar-refractivity contribution is -0.113. The highest BCUT2D eigenvalue weighted by Crippen LogP contribution is 2.30. The normalized spacial score (nSPS) is 13.6. The van der Waals surface area contributed by atoms with Crippen LogP contribution in [0.3, 0.4) is 0 Å². The quantitative estimate of drug-likeness (QED) is 0.416. The first-order valence-corrected chi connectivity index (χ1v) is 12.5. The predicted octanol–water partition coefficient (Wildman–Crippen LogP) is 3.57. The van der Waals surface area contributed by atoms with Crippen molar-refractivity contribution in [3.8, 4) is 11.6 Å². The van der Waals surface area contributed by atoms with Crippen molar-refractivity contribution in [1.29, 1.82) is 0 Å². The molecule has 0 spiro atoms. The minimum atomic E-state index is -0.693. The molecule has 2 heterocycles. The Labute approximate surface area is 222 Å². The Morgan fingerprint density at radius 2 is 1.84 bits per heavy atom. The van der Waals surface area contributed by atoms with Crippen LogP contribution in [0.25, 0.3) is 0 Å². The minimum Gasteiger partial charge on any atom is -0.437 e. The van der Waals surface area contributed by atoms with E-state index in [1.807, 2.05) is 31.2 Å². The number of ether oxygens (including phenoxy) is 1. The van der Waals surface area contributed by atoms with E-state index in [1.165, 1.54) is 11.0 Å². The standard InChI is InChI=1S/C28H33N7O3/c1-5-23-28(38-22-9-7-8-21(18-22)34(4)24(36)6-2)32-27(25(31-23)26(29)37)30-19-10-12-20(13-11-19)35-16-14-33(3)15-17-35/h6-13,18H,2,5,14-17H2,1,3-4H3,(H2,29,37)(H,30,32). The number of nitrogens with zero attached hydrogens (tertiary/aromatic N) is 5. The van der Waals surface area contributed by atoms with Gasteiger partial charge in [-0.25, -0.2) is 4.98 Å². The molecule has 0 saturated carbocycles. The van der Waals surface area contributed by atoms with E-state index in [4.69, 9.17) is 10.5 Å². The average molecular weight is 516 g/mol. The molecule has 2 aromatic carbocycles. The lowest BCUT2D eigenvalue weighted by Crippen LogP contribution is -2.44. The van der Waals surface area contributed by atoms with Gasteiger partial charge in [0, 0.05) is 56.4 Å². The Hall–Kier alpha value is -4.44. The summed E-state index contributed by atoms with van der Waals surface area (Å²) >= 11 is 0. The second-order valence-corrected chi connectivity index (χ2v) is 9.05. The van der Waals surface area contributed by atoms with E-state index >= 15 is 0 Å². The molecule has 10 heteroatoms. The number of hydrogen-bond donors (Lipinski definition) is 2. The highest BCUT2D eigenvalue weighted by molar-refractivity contribution is 6.00. The molecule has 1 aromatic heterocycles. The van der Waals surface area contributed by atoms with E-state index in [-0.39, 0.29) is 23.3 Å². The zero-order valence-corrected chi connectivity index (χ0v) is 22.0. The summed E-state index contributed by atoms with van der Waals surface area (Å²) in [4.78, 5) is 39.4. The summed E-state index contributed by atoms with van der Waals surface area (Å²) in [6.07, 6.45) is 1.71. The zero-order valence-electron chi connectivity index (χ0n) is 22.0. The topological polar surface area (TPSA) is 117 Å². The van der Waals surface area contributed by atoms with Crippen LogP contribution in [-0.2, 0) is 11.2 Å². The van der Waals surface area contributed by atoms with Crippen molar-refractivity contribution in [1.82, 2.24) is 14.9 Å². The molecule has 2 amide bonds. The number of anilines is 4. The predicted molar refractivity (Wildman–Crippen MR) is 149 cm³/mol. The van der Waals surface area contributed by atoms with Gasteiger partial charge in [0.1, 0.15) is 11.4 Å². The fraction of sp³-hybridized carbons (Fsp3) is 0.286. The van der Waals surface area contributed by atoms with Gasteiger partial charge in [-0.1, -0.05) is 19.6 Å². The van der Waals surface area contributed by atoms with Gasteiger partial charge in [0.15, 0.2) is 11.5 Å². The number of carbonyl (C=O) groups excluding carboxylic acids is 2. The van der Waals surface area contributed by atoms with Crippen molar-refractivity contribution < 1.29 is 14.3 Å². The Balaban J connectivity index is 1.60. The molecule has 1 aliphatic heterocycles. The van der Waals surface area contributed by atoms with Gasteiger partial charge in [0.2, 0.25) is 11.8 Å². The van der Waals surface area contributed by atoms with Crippen molar-refractivity contribution in [2.24, 2.45) is 5.73 Å². The van der Waals surface area contributed by atoms with E-state index < -0.39 is 5.91 Å². The Bertz CT molecular complexity index is 1320. The summed E-state index contributed by atoms with van der Waals surface area (Å²) < 4.78 is 6.08. The van der Waals surface area contributed by atoms with Crippen LogP contribution in [0.5, 0.6) is 11.6 Å². The van der Waals surface area contributed by atoms with Gasteiger partial charge in [-0.05, 0) is 55.9 Å². The molecule has 0 aliphatic carbocycles. The monoisotopic (exact) mass is 515 g/mol. The first-order chi connectivity index (χ1) is 18.3. The van der Waals surface area contributed by atoms with E-state index in [1.54, 1.807) is 31.3 Å². The molecular weight excluding hydrogens is 482 g/mol. The SMILES string of the molecule is C=CC(=O)N(C)c1cccc(Oc2nc(Nc3ccc(N4CCN(C)CC4)cc3)c(C(N)=O)nc2CC)c1. The molecule has 3 N–H and O–H groups in total. The molecule has 10 nitrogen and oxygen atoms in total. The maximum absolute atomic E-state index is 12.2. The molecule has 4 rings (SSSR count). The minimum absolute atomic E-state index is 0.0300. The summed E-state index contributed by atoms with van der Waals surface area (Å²) in [5.41, 5.74) is 8.66. The van der Waals surface area contributed by atoms with Crippen molar-refractivity contribution in [3.63, 3.8) is 0 Å². The van der Waals surface area contributed by atoms with Gasteiger partial charge in [0.25, 0.3) is 5.91 Å². The largest absolute Gasteiger partial charge is 0.437 e. The summed E-state index contributed by atoms with van der Waals surface area (Å²) in [6, 6.07) is 15.0. The highest BCUT2D eigenvalue weighted by Gasteiger charge is 2.20. The van der Waals surface area contributed by atoms with Crippen LogP contribution in [0.1, 0.15) is 23.1 Å². The first-order valence-electron chi connectivity index (χ1n) is 12.5. The third-order valence-corrected chi connectivity index (χ3v) is 6.42. The molecular formula is C28H33N7O3. The van der Waals surface area contributed by atoms with Gasteiger partial charge in [0.05, 0.1) is 0 Å². The van der Waals surface area contributed by atoms with Crippen molar-refractivity contribution in [2.75, 3.05) is 55.4 Å². The van der Waals surface area contributed by atoms with E-state index in [9.17, 15) is 9.59 Å². The summed E-state index contributed by atoms with van der Waals surface area (Å²) in [5.74, 6) is -0.0328. The fourth-order valence-corrected chi connectivity index (χ4v) is 4.11. The van der Waals surface area contributed by atoms with Crippen LogP contribution in [-0.4, -0.2) is 67.0 Å². The number of likely N-dealkylation sites (N-methyl/N-ethyl adjacent to an activating group) is 2. The molecule has 1 aliphatic rings. The molecule has 0 unspecified atom stereocenters. The second-order valence-electron chi connectivity index (χ2n) is 9.05. The van der Waals surface area contributed by atoms with Crippen molar-refractivity contribution >= 4 is 34.7 Å². The maximum atomic E-state index is 12.2. The number of piperazine rings is 1. The van der Waals surface area contributed by atoms with E-state index in [0.29, 0.717) is 23.6 Å². The van der Waals surface area contributed by atoms with E-state index in [2.05, 4.69) is 38.7 Å². The average Bonchev–Trinajstić information content (AvgIpc) is 2.93. The zero-order chi connectivity index (χ0) is 27.2. The number of primary amides is 1. The smallest absolute Gasteiger partial charge is 0.271 e. The number of benzene rings is 2. The van der Waals surface area contributed by atoms with Crippen molar-refractivity contribution in [2.45, 2.75) is 13.3 Å². The highest BCUT2D eigenvalue weighted by atomic mass is 16.5. The first kappa shape index (κ1) is 26.6. The van der Waals surface area contributed by atoms with Crippen LogP contribution in [0.15, 0.2) is 61.2 Å². The van der Waals surface area contributed by atoms with Crippen LogP contribution in [0.4, 0.5) is 22.9 Å². The molecule has 38 heavy (non-hydrogen) atoms. The van der Waals surface area contributed by atoms with Gasteiger partial charge >= 0.3 is 0 Å². The molecule has 3 aromatic rings. The molecule has 1 saturated heterocycles. The van der Waals surface area contributed by atoms with Gasteiger partial charge in [-0.2, -0.15) is 4.98 Å². The van der Waals surface area contributed by atoms with E-state index in [0.717, 1.165) is 37.6 Å². The summed E-state index contributed by atoms with van der Waals surface area (Å²) in [7, 11) is 3.78. The van der Waals surface area contributed by atoms with Gasteiger partial charge < -0.3 is 30.5 Å². The van der Waals surface area contributed by atoms with Crippen molar-refractivity contribution in [3.05, 3.63) is 72.6 Å². The summed E-state index contributed by atoms with van der Waals surface area (Å²) in [6.45, 7) is 9.40. The lowest BCUT2D eigenvalue weighted by Gasteiger charge is -2.34. The van der Waals surface area contributed by atoms with Crippen LogP contribution in [0.2, 0.25) is 0 Å². The third kappa shape index (κ3) is 6.09. The number of amides is 2. The third-order valence-electron chi connectivity index (χ3n) is 6.42. The molecule has 198 valence electrons.